The Kier molecular flexibility index (Phi) is 4.90. The number of halogens is 3. The van der Waals surface area contributed by atoms with E-state index in [-0.39, 0.29) is 10.7 Å². The molecule has 0 spiro atoms. The Bertz CT molecular complexity index is 933. The molecule has 6 heteroatoms. The van der Waals surface area contributed by atoms with Crippen LogP contribution in [-0.4, -0.2) is 15.6 Å². The monoisotopic (exact) mass is 471 g/mol. The van der Waals surface area contributed by atoms with Crippen LogP contribution < -0.4 is 0 Å². The molecule has 122 valence electrons. The molecule has 0 amide bonds. The highest BCUT2D eigenvalue weighted by atomic mass is 127. The molecule has 1 aromatic heterocycles. The number of rotatable bonds is 3. The van der Waals surface area contributed by atoms with Crippen molar-refractivity contribution in [1.29, 1.82) is 0 Å². The second-order valence-corrected chi connectivity index (χ2v) is 7.31. The second-order valence-electron chi connectivity index (χ2n) is 5.27. The van der Waals surface area contributed by atoms with Crippen LogP contribution in [0, 0.1) is 3.57 Å². The van der Waals surface area contributed by atoms with E-state index in [4.69, 9.17) is 23.2 Å². The van der Waals surface area contributed by atoms with Gasteiger partial charge in [0.15, 0.2) is 0 Å². The number of carboxylic acids is 1. The third-order valence-corrected chi connectivity index (χ3v) is 5.13. The summed E-state index contributed by atoms with van der Waals surface area (Å²) in [6.45, 7) is 0. The molecular formula is C18H12Cl2INO2. The van der Waals surface area contributed by atoms with Crippen molar-refractivity contribution in [3.05, 3.63) is 67.8 Å². The van der Waals surface area contributed by atoms with Gasteiger partial charge in [-0.15, -0.1) is 0 Å². The number of hydrogen-bond acceptors (Lipinski definition) is 1. The molecule has 0 atom stereocenters. The standard InChI is InChI=1S/C18H12Cl2INO2/c1-22-16(10-5-7-12(19)8-6-10)14(15(17(22)20)18(23)24)11-3-2-4-13(21)9-11/h2-9H,1H3,(H,23,24). The summed E-state index contributed by atoms with van der Waals surface area (Å²) in [6.07, 6.45) is 0. The molecule has 0 radical (unpaired) electrons. The number of aromatic nitrogens is 1. The van der Waals surface area contributed by atoms with E-state index >= 15 is 0 Å². The SMILES string of the molecule is Cn1c(Cl)c(C(=O)O)c(-c2cccc(I)c2)c1-c1ccc(Cl)cc1. The molecule has 0 aliphatic heterocycles. The zero-order valence-electron chi connectivity index (χ0n) is 12.6. The molecule has 0 unspecified atom stereocenters. The van der Waals surface area contributed by atoms with Crippen LogP contribution in [0.1, 0.15) is 10.4 Å². The summed E-state index contributed by atoms with van der Waals surface area (Å²) in [7, 11) is 1.76. The summed E-state index contributed by atoms with van der Waals surface area (Å²) in [6, 6.07) is 15.0. The van der Waals surface area contributed by atoms with Gasteiger partial charge in [0, 0.05) is 21.2 Å². The summed E-state index contributed by atoms with van der Waals surface area (Å²) in [5, 5.41) is 10.5. The summed E-state index contributed by atoms with van der Waals surface area (Å²) in [5.74, 6) is -1.05. The zero-order valence-corrected chi connectivity index (χ0v) is 16.2. The van der Waals surface area contributed by atoms with Gasteiger partial charge >= 0.3 is 5.97 Å². The Morgan fingerprint density at radius 1 is 1.08 bits per heavy atom. The summed E-state index contributed by atoms with van der Waals surface area (Å²) >= 11 is 14.5. The smallest absolute Gasteiger partial charge is 0.339 e. The van der Waals surface area contributed by atoms with Crippen molar-refractivity contribution in [3.63, 3.8) is 0 Å². The molecule has 1 N–H and O–H groups in total. The van der Waals surface area contributed by atoms with Gasteiger partial charge in [0.05, 0.1) is 5.69 Å². The van der Waals surface area contributed by atoms with Crippen molar-refractivity contribution in [2.45, 2.75) is 0 Å². The topological polar surface area (TPSA) is 42.2 Å². The molecule has 0 aliphatic rings. The van der Waals surface area contributed by atoms with Gasteiger partial charge in [-0.2, -0.15) is 0 Å². The number of carbonyl (C=O) groups is 1. The van der Waals surface area contributed by atoms with Gasteiger partial charge in [0.1, 0.15) is 10.7 Å². The van der Waals surface area contributed by atoms with Crippen molar-refractivity contribution >= 4 is 51.8 Å². The van der Waals surface area contributed by atoms with Crippen LogP contribution in [0.3, 0.4) is 0 Å². The number of benzene rings is 2. The molecule has 2 aromatic carbocycles. The number of hydrogen-bond donors (Lipinski definition) is 1. The van der Waals surface area contributed by atoms with Gasteiger partial charge in [-0.1, -0.05) is 47.5 Å². The molecule has 0 aliphatic carbocycles. The number of aromatic carboxylic acids is 1. The maximum atomic E-state index is 11.8. The highest BCUT2D eigenvalue weighted by Gasteiger charge is 2.26. The van der Waals surface area contributed by atoms with Gasteiger partial charge in [-0.25, -0.2) is 4.79 Å². The first-order valence-corrected chi connectivity index (χ1v) is 8.87. The minimum Gasteiger partial charge on any atom is -0.478 e. The van der Waals surface area contributed by atoms with Crippen LogP contribution in [0.5, 0.6) is 0 Å². The Hall–Kier alpha value is -1.50. The maximum Gasteiger partial charge on any atom is 0.339 e. The van der Waals surface area contributed by atoms with E-state index in [0.29, 0.717) is 10.6 Å². The van der Waals surface area contributed by atoms with E-state index in [1.165, 1.54) is 0 Å². The molecule has 24 heavy (non-hydrogen) atoms. The van der Waals surface area contributed by atoms with Crippen LogP contribution in [0.25, 0.3) is 22.4 Å². The van der Waals surface area contributed by atoms with E-state index in [2.05, 4.69) is 22.6 Å². The largest absolute Gasteiger partial charge is 0.478 e. The summed E-state index contributed by atoms with van der Waals surface area (Å²) in [4.78, 5) is 11.8. The predicted octanol–water partition coefficient (Wildman–Crippen LogP) is 5.97. The summed E-state index contributed by atoms with van der Waals surface area (Å²) < 4.78 is 2.71. The third-order valence-electron chi connectivity index (χ3n) is 3.77. The first-order valence-electron chi connectivity index (χ1n) is 7.03. The van der Waals surface area contributed by atoms with Gasteiger partial charge < -0.3 is 9.67 Å². The minimum atomic E-state index is -1.05. The van der Waals surface area contributed by atoms with E-state index in [1.54, 1.807) is 23.7 Å². The summed E-state index contributed by atoms with van der Waals surface area (Å²) in [5.41, 5.74) is 3.12. The zero-order chi connectivity index (χ0) is 17.4. The van der Waals surface area contributed by atoms with Crippen LogP contribution in [0.4, 0.5) is 0 Å². The van der Waals surface area contributed by atoms with E-state index in [1.807, 2.05) is 36.4 Å². The van der Waals surface area contributed by atoms with E-state index < -0.39 is 5.97 Å². The van der Waals surface area contributed by atoms with Crippen molar-refractivity contribution in [1.82, 2.24) is 4.57 Å². The third kappa shape index (κ3) is 3.06. The first-order chi connectivity index (χ1) is 11.4. The highest BCUT2D eigenvalue weighted by Crippen LogP contribution is 2.41. The fraction of sp³-hybridized carbons (Fsp3) is 0.0556. The van der Waals surface area contributed by atoms with Gasteiger partial charge in [-0.3, -0.25) is 0 Å². The molecular weight excluding hydrogens is 460 g/mol. The lowest BCUT2D eigenvalue weighted by molar-refractivity contribution is 0.0698. The van der Waals surface area contributed by atoms with Gasteiger partial charge in [-0.05, 0) is 58.0 Å². The van der Waals surface area contributed by atoms with Gasteiger partial charge in [0.2, 0.25) is 0 Å². The van der Waals surface area contributed by atoms with Crippen LogP contribution >= 0.6 is 45.8 Å². The van der Waals surface area contributed by atoms with Crippen LogP contribution in [0.2, 0.25) is 10.2 Å². The van der Waals surface area contributed by atoms with Crippen molar-refractivity contribution in [2.75, 3.05) is 0 Å². The average molecular weight is 472 g/mol. The number of carboxylic acid groups (broad SMARTS) is 1. The highest BCUT2D eigenvalue weighted by molar-refractivity contribution is 14.1. The molecule has 0 saturated carbocycles. The maximum absolute atomic E-state index is 11.8. The Labute approximate surface area is 163 Å². The van der Waals surface area contributed by atoms with Crippen molar-refractivity contribution < 1.29 is 9.90 Å². The molecule has 0 fully saturated rings. The first kappa shape index (κ1) is 17.3. The fourth-order valence-electron chi connectivity index (χ4n) is 2.72. The molecule has 1 heterocycles. The molecule has 0 saturated heterocycles. The molecule has 3 aromatic rings. The van der Waals surface area contributed by atoms with E-state index in [0.717, 1.165) is 20.4 Å². The van der Waals surface area contributed by atoms with E-state index in [9.17, 15) is 9.90 Å². The normalized spacial score (nSPS) is 10.8. The van der Waals surface area contributed by atoms with Crippen LogP contribution in [0.15, 0.2) is 48.5 Å². The number of nitrogens with zero attached hydrogens (tertiary/aromatic N) is 1. The lowest BCUT2D eigenvalue weighted by Gasteiger charge is -2.10. The lowest BCUT2D eigenvalue weighted by Crippen LogP contribution is -1.98. The van der Waals surface area contributed by atoms with Crippen molar-refractivity contribution in [2.24, 2.45) is 7.05 Å². The Morgan fingerprint density at radius 2 is 1.75 bits per heavy atom. The minimum absolute atomic E-state index is 0.103. The lowest BCUT2D eigenvalue weighted by atomic mass is 9.98. The second kappa shape index (κ2) is 6.78. The molecule has 3 nitrogen and oxygen atoms in total. The fourth-order valence-corrected chi connectivity index (χ4v) is 3.65. The van der Waals surface area contributed by atoms with Crippen LogP contribution in [-0.2, 0) is 7.05 Å². The average Bonchev–Trinajstić information content (AvgIpc) is 2.80. The Morgan fingerprint density at radius 3 is 2.33 bits per heavy atom. The molecule has 3 rings (SSSR count). The van der Waals surface area contributed by atoms with Gasteiger partial charge in [0.25, 0.3) is 0 Å². The Balaban J connectivity index is 2.38. The quantitative estimate of drug-likeness (QED) is 0.478. The van der Waals surface area contributed by atoms with Crippen molar-refractivity contribution in [3.8, 4) is 22.4 Å². The predicted molar refractivity (Wildman–Crippen MR) is 106 cm³/mol. The molecule has 0 bridgehead atoms.